The van der Waals surface area contributed by atoms with E-state index < -0.39 is 0 Å². The summed E-state index contributed by atoms with van der Waals surface area (Å²) in [4.78, 5) is 14.3. The lowest BCUT2D eigenvalue weighted by molar-refractivity contribution is 0.410. The van der Waals surface area contributed by atoms with Gasteiger partial charge in [0, 0.05) is 24.7 Å². The fourth-order valence-electron chi connectivity index (χ4n) is 4.24. The van der Waals surface area contributed by atoms with Gasteiger partial charge in [-0.2, -0.15) is 9.97 Å². The van der Waals surface area contributed by atoms with E-state index in [1.807, 2.05) is 6.33 Å². The molecular formula is C19H35Cl4N7. The third kappa shape index (κ3) is 6.63. The molecule has 0 bridgehead atoms. The van der Waals surface area contributed by atoms with Crippen molar-refractivity contribution in [1.29, 1.82) is 0 Å². The van der Waals surface area contributed by atoms with Crippen LogP contribution in [0.3, 0.4) is 0 Å². The summed E-state index contributed by atoms with van der Waals surface area (Å²) in [5, 5.41) is 7.00. The fraction of sp³-hybridized carbons (Fsp3) is 0.737. The lowest BCUT2D eigenvalue weighted by Crippen LogP contribution is -2.33. The van der Waals surface area contributed by atoms with Crippen LogP contribution in [0, 0.1) is 0 Å². The van der Waals surface area contributed by atoms with E-state index in [1.54, 1.807) is 0 Å². The number of rotatable bonds is 6. The van der Waals surface area contributed by atoms with E-state index in [2.05, 4.69) is 27.1 Å². The standard InChI is InChI=1S/C19H31N7.4ClH/c1-2-11-21-17-16-18(26(12-22-16)15-5-3-4-6-15)25-19(24-17)23-14-9-7-13(20)8-10-14;;;;/h12-15H,2-11,20H2,1H3,(H2,21,23,24,25);4*1H. The molecule has 2 aliphatic rings. The molecule has 30 heavy (non-hydrogen) atoms. The summed E-state index contributed by atoms with van der Waals surface area (Å²) in [6, 6.07) is 1.28. The number of anilines is 2. The maximum absolute atomic E-state index is 6.04. The van der Waals surface area contributed by atoms with E-state index >= 15 is 0 Å². The Kier molecular flexibility index (Phi) is 13.3. The van der Waals surface area contributed by atoms with Gasteiger partial charge in [-0.3, -0.25) is 0 Å². The van der Waals surface area contributed by atoms with Crippen molar-refractivity contribution >= 4 is 72.6 Å². The minimum atomic E-state index is 0. The Morgan fingerprint density at radius 1 is 1.00 bits per heavy atom. The molecule has 2 fully saturated rings. The van der Waals surface area contributed by atoms with Crippen molar-refractivity contribution in [1.82, 2.24) is 19.5 Å². The van der Waals surface area contributed by atoms with Crippen LogP contribution in [-0.4, -0.2) is 38.1 Å². The van der Waals surface area contributed by atoms with Gasteiger partial charge in [-0.05, 0) is 44.9 Å². The van der Waals surface area contributed by atoms with Crippen LogP contribution in [0.1, 0.15) is 70.8 Å². The van der Waals surface area contributed by atoms with Gasteiger partial charge in [-0.25, -0.2) is 4.98 Å². The highest BCUT2D eigenvalue weighted by molar-refractivity contribution is 5.86. The summed E-state index contributed by atoms with van der Waals surface area (Å²) < 4.78 is 2.27. The van der Waals surface area contributed by atoms with Crippen molar-refractivity contribution in [2.45, 2.75) is 82.8 Å². The first-order valence-electron chi connectivity index (χ1n) is 10.2. The number of hydrogen-bond donors (Lipinski definition) is 3. The van der Waals surface area contributed by atoms with E-state index in [4.69, 9.17) is 15.7 Å². The average Bonchev–Trinajstić information content (AvgIpc) is 3.31. The molecule has 0 radical (unpaired) electrons. The van der Waals surface area contributed by atoms with Gasteiger partial charge in [-0.1, -0.05) is 19.8 Å². The van der Waals surface area contributed by atoms with Crippen molar-refractivity contribution in [3.63, 3.8) is 0 Å². The number of aromatic nitrogens is 4. The molecule has 2 aliphatic carbocycles. The van der Waals surface area contributed by atoms with Gasteiger partial charge in [0.1, 0.15) is 0 Å². The lowest BCUT2D eigenvalue weighted by Gasteiger charge is -2.27. The zero-order valence-corrected chi connectivity index (χ0v) is 20.6. The molecule has 4 N–H and O–H groups in total. The molecule has 11 heteroatoms. The average molecular weight is 503 g/mol. The van der Waals surface area contributed by atoms with Gasteiger partial charge in [-0.15, -0.1) is 49.6 Å². The number of fused-ring (bicyclic) bond motifs is 1. The van der Waals surface area contributed by atoms with Crippen LogP contribution in [-0.2, 0) is 0 Å². The lowest BCUT2D eigenvalue weighted by atomic mass is 9.92. The zero-order chi connectivity index (χ0) is 17.9. The SMILES string of the molecule is CCCNc1nc(NC2CCC(N)CC2)nc2c1ncn2C1CCCC1.Cl.Cl.Cl.Cl. The number of nitrogens with two attached hydrogens (primary N) is 1. The topological polar surface area (TPSA) is 93.7 Å². The predicted octanol–water partition coefficient (Wildman–Crippen LogP) is 5.13. The summed E-state index contributed by atoms with van der Waals surface area (Å²) in [7, 11) is 0. The number of imidazole rings is 1. The molecule has 2 aromatic rings. The molecule has 0 unspecified atom stereocenters. The first-order valence-corrected chi connectivity index (χ1v) is 10.2. The molecule has 0 spiro atoms. The van der Waals surface area contributed by atoms with Crippen LogP contribution >= 0.6 is 49.6 Å². The summed E-state index contributed by atoms with van der Waals surface area (Å²) in [5.41, 5.74) is 7.89. The maximum atomic E-state index is 6.04. The van der Waals surface area contributed by atoms with Crippen molar-refractivity contribution in [3.05, 3.63) is 6.33 Å². The minimum Gasteiger partial charge on any atom is -0.368 e. The third-order valence-electron chi connectivity index (χ3n) is 5.79. The Hall–Kier alpha value is -0.730. The fourth-order valence-corrected chi connectivity index (χ4v) is 4.24. The van der Waals surface area contributed by atoms with E-state index in [9.17, 15) is 0 Å². The van der Waals surface area contributed by atoms with E-state index in [-0.39, 0.29) is 49.6 Å². The predicted molar refractivity (Wildman–Crippen MR) is 134 cm³/mol. The molecule has 2 saturated carbocycles. The van der Waals surface area contributed by atoms with Crippen molar-refractivity contribution in [2.75, 3.05) is 17.2 Å². The summed E-state index contributed by atoms with van der Waals surface area (Å²) in [5.74, 6) is 1.57. The second-order valence-corrected chi connectivity index (χ2v) is 7.84. The largest absolute Gasteiger partial charge is 0.368 e. The van der Waals surface area contributed by atoms with Gasteiger partial charge in [0.05, 0.1) is 6.33 Å². The minimum absolute atomic E-state index is 0. The maximum Gasteiger partial charge on any atom is 0.227 e. The Morgan fingerprint density at radius 3 is 2.30 bits per heavy atom. The second kappa shape index (κ2) is 13.6. The van der Waals surface area contributed by atoms with Gasteiger partial charge >= 0.3 is 0 Å². The first kappa shape index (κ1) is 29.3. The normalized spacial score (nSPS) is 21.0. The van der Waals surface area contributed by atoms with Crippen LogP contribution in [0.4, 0.5) is 11.8 Å². The molecule has 0 atom stereocenters. The van der Waals surface area contributed by atoms with Gasteiger partial charge in [0.25, 0.3) is 0 Å². The molecule has 0 aliphatic heterocycles. The molecule has 174 valence electrons. The quantitative estimate of drug-likeness (QED) is 0.506. The van der Waals surface area contributed by atoms with Gasteiger partial charge < -0.3 is 20.9 Å². The number of nitrogens with zero attached hydrogens (tertiary/aromatic N) is 4. The zero-order valence-electron chi connectivity index (χ0n) is 17.4. The highest BCUT2D eigenvalue weighted by Gasteiger charge is 2.23. The highest BCUT2D eigenvalue weighted by atomic mass is 35.5. The molecule has 0 amide bonds. The Labute approximate surface area is 203 Å². The van der Waals surface area contributed by atoms with E-state index in [1.165, 1.54) is 25.7 Å². The van der Waals surface area contributed by atoms with Crippen LogP contribution in [0.2, 0.25) is 0 Å². The summed E-state index contributed by atoms with van der Waals surface area (Å²) in [6.45, 7) is 3.05. The number of hydrogen-bond acceptors (Lipinski definition) is 6. The first-order chi connectivity index (χ1) is 12.7. The molecule has 4 rings (SSSR count). The van der Waals surface area contributed by atoms with Crippen LogP contribution in [0.15, 0.2) is 6.33 Å². The number of halogens is 4. The second-order valence-electron chi connectivity index (χ2n) is 7.84. The Balaban J connectivity index is 0.00000210. The third-order valence-corrected chi connectivity index (χ3v) is 5.79. The molecule has 0 aromatic carbocycles. The molecule has 7 nitrogen and oxygen atoms in total. The Bertz CT molecular complexity index is 744. The van der Waals surface area contributed by atoms with Crippen molar-refractivity contribution < 1.29 is 0 Å². The molecular weight excluding hydrogens is 468 g/mol. The van der Waals surface area contributed by atoms with Gasteiger partial charge in [0.15, 0.2) is 17.0 Å². The van der Waals surface area contributed by atoms with Crippen molar-refractivity contribution in [3.8, 4) is 0 Å². The molecule has 0 saturated heterocycles. The number of nitrogens with one attached hydrogen (secondary N) is 2. The van der Waals surface area contributed by atoms with Gasteiger partial charge in [0.2, 0.25) is 5.95 Å². The van der Waals surface area contributed by atoms with E-state index in [0.29, 0.717) is 18.1 Å². The smallest absolute Gasteiger partial charge is 0.227 e. The van der Waals surface area contributed by atoms with E-state index in [0.717, 1.165) is 61.6 Å². The Morgan fingerprint density at radius 2 is 1.67 bits per heavy atom. The molecule has 2 heterocycles. The molecule has 2 aromatic heterocycles. The monoisotopic (exact) mass is 501 g/mol. The highest BCUT2D eigenvalue weighted by Crippen LogP contribution is 2.33. The van der Waals surface area contributed by atoms with Crippen LogP contribution in [0.25, 0.3) is 11.2 Å². The summed E-state index contributed by atoms with van der Waals surface area (Å²) in [6.07, 6.45) is 12.3. The van der Waals surface area contributed by atoms with Crippen LogP contribution < -0.4 is 16.4 Å². The van der Waals surface area contributed by atoms with Crippen molar-refractivity contribution in [2.24, 2.45) is 5.73 Å². The summed E-state index contributed by atoms with van der Waals surface area (Å²) >= 11 is 0. The van der Waals surface area contributed by atoms with Crippen LogP contribution in [0.5, 0.6) is 0 Å².